The number of oxazole rings is 1. The van der Waals surface area contributed by atoms with Crippen LogP contribution in [0.4, 0.5) is 5.95 Å². The minimum atomic E-state index is 0.469. The SMILES string of the molecule is CCc1cnc(CNc2nnc(CC)c(CC)n2)o1. The Morgan fingerprint density at radius 3 is 2.47 bits per heavy atom. The molecule has 0 atom stereocenters. The smallest absolute Gasteiger partial charge is 0.243 e. The quantitative estimate of drug-likeness (QED) is 0.858. The van der Waals surface area contributed by atoms with Gasteiger partial charge in [0.05, 0.1) is 24.1 Å². The molecule has 0 spiro atoms. The summed E-state index contributed by atoms with van der Waals surface area (Å²) in [6, 6.07) is 0. The van der Waals surface area contributed by atoms with E-state index in [0.717, 1.165) is 36.4 Å². The number of hydrogen-bond donors (Lipinski definition) is 1. The summed E-state index contributed by atoms with van der Waals surface area (Å²) >= 11 is 0. The molecular weight excluding hydrogens is 242 g/mol. The van der Waals surface area contributed by atoms with Gasteiger partial charge >= 0.3 is 0 Å². The molecule has 2 rings (SSSR count). The van der Waals surface area contributed by atoms with Crippen molar-refractivity contribution in [3.63, 3.8) is 0 Å². The maximum atomic E-state index is 5.51. The Kier molecular flexibility index (Phi) is 4.43. The summed E-state index contributed by atoms with van der Waals surface area (Å²) in [5.74, 6) is 2.04. The zero-order valence-corrected chi connectivity index (χ0v) is 11.6. The van der Waals surface area contributed by atoms with Gasteiger partial charge in [0.15, 0.2) is 0 Å². The number of aryl methyl sites for hydroxylation is 3. The summed E-state index contributed by atoms with van der Waals surface area (Å²) in [4.78, 5) is 8.62. The molecule has 2 aromatic rings. The topological polar surface area (TPSA) is 76.7 Å². The number of anilines is 1. The molecule has 2 heterocycles. The van der Waals surface area contributed by atoms with Gasteiger partial charge in [-0.1, -0.05) is 20.8 Å². The van der Waals surface area contributed by atoms with Crippen LogP contribution in [0.1, 0.15) is 43.8 Å². The average molecular weight is 261 g/mol. The van der Waals surface area contributed by atoms with Gasteiger partial charge in [0.25, 0.3) is 0 Å². The molecule has 0 amide bonds. The van der Waals surface area contributed by atoms with Crippen LogP contribution in [0, 0.1) is 0 Å². The molecule has 0 aliphatic rings. The molecule has 0 aromatic carbocycles. The van der Waals surface area contributed by atoms with Crippen LogP contribution in [0.25, 0.3) is 0 Å². The Morgan fingerprint density at radius 2 is 1.84 bits per heavy atom. The summed E-state index contributed by atoms with van der Waals surface area (Å²) in [6.07, 6.45) is 4.29. The fraction of sp³-hybridized carbons (Fsp3) is 0.538. The Hall–Kier alpha value is -1.98. The van der Waals surface area contributed by atoms with Crippen LogP contribution in [0.5, 0.6) is 0 Å². The summed E-state index contributed by atoms with van der Waals surface area (Å²) in [5, 5.41) is 11.3. The van der Waals surface area contributed by atoms with Gasteiger partial charge in [-0.3, -0.25) is 0 Å². The minimum Gasteiger partial charge on any atom is -0.444 e. The highest BCUT2D eigenvalue weighted by Crippen LogP contribution is 2.09. The Morgan fingerprint density at radius 1 is 1.05 bits per heavy atom. The Labute approximate surface area is 112 Å². The minimum absolute atomic E-state index is 0.469. The Bertz CT molecular complexity index is 538. The van der Waals surface area contributed by atoms with Crippen molar-refractivity contribution in [2.45, 2.75) is 46.6 Å². The standard InChI is InChI=1S/C13H19N5O/c1-4-9-7-14-12(19-9)8-15-13-16-10(5-2)11(6-3)17-18-13/h7H,4-6,8H2,1-3H3,(H,15,16,18). The van der Waals surface area contributed by atoms with Crippen LogP contribution < -0.4 is 5.32 Å². The number of rotatable bonds is 6. The number of hydrogen-bond acceptors (Lipinski definition) is 6. The highest BCUT2D eigenvalue weighted by atomic mass is 16.4. The van der Waals surface area contributed by atoms with Gasteiger partial charge in [-0.25, -0.2) is 9.97 Å². The average Bonchev–Trinajstić information content (AvgIpc) is 2.92. The van der Waals surface area contributed by atoms with Crippen molar-refractivity contribution in [1.82, 2.24) is 20.2 Å². The molecule has 6 nitrogen and oxygen atoms in total. The van der Waals surface area contributed by atoms with Crippen molar-refractivity contribution in [2.24, 2.45) is 0 Å². The van der Waals surface area contributed by atoms with Crippen molar-refractivity contribution < 1.29 is 4.42 Å². The number of nitrogens with one attached hydrogen (secondary N) is 1. The largest absolute Gasteiger partial charge is 0.444 e. The number of aromatic nitrogens is 4. The van der Waals surface area contributed by atoms with E-state index in [1.165, 1.54) is 0 Å². The highest BCUT2D eigenvalue weighted by molar-refractivity contribution is 5.25. The second kappa shape index (κ2) is 6.26. The third-order valence-corrected chi connectivity index (χ3v) is 2.86. The van der Waals surface area contributed by atoms with Gasteiger partial charge in [0, 0.05) is 6.42 Å². The lowest BCUT2D eigenvalue weighted by Gasteiger charge is -2.06. The van der Waals surface area contributed by atoms with E-state index in [1.807, 2.05) is 6.92 Å². The molecular formula is C13H19N5O. The summed E-state index contributed by atoms with van der Waals surface area (Å²) in [7, 11) is 0. The summed E-state index contributed by atoms with van der Waals surface area (Å²) in [5.41, 5.74) is 1.94. The maximum Gasteiger partial charge on any atom is 0.243 e. The van der Waals surface area contributed by atoms with E-state index >= 15 is 0 Å². The third kappa shape index (κ3) is 3.27. The van der Waals surface area contributed by atoms with Crippen LogP contribution in [-0.4, -0.2) is 20.2 Å². The van der Waals surface area contributed by atoms with Crippen molar-refractivity contribution in [3.05, 3.63) is 29.2 Å². The van der Waals surface area contributed by atoms with E-state index in [-0.39, 0.29) is 0 Å². The van der Waals surface area contributed by atoms with Gasteiger partial charge < -0.3 is 9.73 Å². The van der Waals surface area contributed by atoms with E-state index in [4.69, 9.17) is 4.42 Å². The first-order valence-electron chi connectivity index (χ1n) is 6.66. The molecule has 0 radical (unpaired) electrons. The summed E-state index contributed by atoms with van der Waals surface area (Å²) in [6.45, 7) is 6.61. The molecule has 0 fully saturated rings. The lowest BCUT2D eigenvalue weighted by Crippen LogP contribution is -2.09. The highest BCUT2D eigenvalue weighted by Gasteiger charge is 2.07. The van der Waals surface area contributed by atoms with Gasteiger partial charge in [0.1, 0.15) is 5.76 Å². The molecule has 0 aliphatic heterocycles. The van der Waals surface area contributed by atoms with Gasteiger partial charge in [-0.15, -0.1) is 5.10 Å². The summed E-state index contributed by atoms with van der Waals surface area (Å²) < 4.78 is 5.51. The first-order valence-corrected chi connectivity index (χ1v) is 6.66. The van der Waals surface area contributed by atoms with E-state index in [2.05, 4.69) is 39.3 Å². The van der Waals surface area contributed by atoms with Crippen LogP contribution in [0.15, 0.2) is 10.6 Å². The molecule has 6 heteroatoms. The van der Waals surface area contributed by atoms with Gasteiger partial charge in [0.2, 0.25) is 11.8 Å². The van der Waals surface area contributed by atoms with Crippen molar-refractivity contribution in [2.75, 3.05) is 5.32 Å². The first kappa shape index (κ1) is 13.5. The predicted octanol–water partition coefficient (Wildman–Crippen LogP) is 2.16. The number of nitrogens with zero attached hydrogens (tertiary/aromatic N) is 4. The van der Waals surface area contributed by atoms with Crippen molar-refractivity contribution in [1.29, 1.82) is 0 Å². The fourth-order valence-electron chi connectivity index (χ4n) is 1.76. The monoisotopic (exact) mass is 261 g/mol. The molecule has 0 bridgehead atoms. The molecule has 2 aromatic heterocycles. The Balaban J connectivity index is 2.03. The normalized spacial score (nSPS) is 10.7. The van der Waals surface area contributed by atoms with Crippen LogP contribution >= 0.6 is 0 Å². The lowest BCUT2D eigenvalue weighted by atomic mass is 10.2. The van der Waals surface area contributed by atoms with Gasteiger partial charge in [-0.2, -0.15) is 5.10 Å². The second-order valence-electron chi connectivity index (χ2n) is 4.16. The van der Waals surface area contributed by atoms with Crippen LogP contribution in [0.3, 0.4) is 0 Å². The molecule has 0 unspecified atom stereocenters. The first-order chi connectivity index (χ1) is 9.26. The van der Waals surface area contributed by atoms with Crippen LogP contribution in [0.2, 0.25) is 0 Å². The van der Waals surface area contributed by atoms with Crippen molar-refractivity contribution >= 4 is 5.95 Å². The van der Waals surface area contributed by atoms with E-state index in [9.17, 15) is 0 Å². The predicted molar refractivity (Wildman–Crippen MR) is 71.8 cm³/mol. The second-order valence-corrected chi connectivity index (χ2v) is 4.16. The maximum absolute atomic E-state index is 5.51. The molecule has 19 heavy (non-hydrogen) atoms. The lowest BCUT2D eigenvalue weighted by molar-refractivity contribution is 0.465. The van der Waals surface area contributed by atoms with E-state index in [1.54, 1.807) is 6.20 Å². The van der Waals surface area contributed by atoms with Gasteiger partial charge in [-0.05, 0) is 12.8 Å². The zero-order chi connectivity index (χ0) is 13.7. The molecule has 102 valence electrons. The van der Waals surface area contributed by atoms with Crippen molar-refractivity contribution in [3.8, 4) is 0 Å². The molecule has 1 N–H and O–H groups in total. The van der Waals surface area contributed by atoms with E-state index in [0.29, 0.717) is 18.4 Å². The van der Waals surface area contributed by atoms with E-state index < -0.39 is 0 Å². The fourth-order valence-corrected chi connectivity index (χ4v) is 1.76. The zero-order valence-electron chi connectivity index (χ0n) is 11.6. The third-order valence-electron chi connectivity index (χ3n) is 2.86. The molecule has 0 saturated heterocycles. The van der Waals surface area contributed by atoms with Crippen LogP contribution in [-0.2, 0) is 25.8 Å². The molecule has 0 aliphatic carbocycles. The molecule has 0 saturated carbocycles.